The Hall–Kier alpha value is -3.11. The molecule has 9 nitrogen and oxygen atoms in total. The van der Waals surface area contributed by atoms with Crippen molar-refractivity contribution in [2.75, 3.05) is 17.8 Å². The van der Waals surface area contributed by atoms with Gasteiger partial charge in [-0.2, -0.15) is 0 Å². The summed E-state index contributed by atoms with van der Waals surface area (Å²) in [7, 11) is -2.56. The van der Waals surface area contributed by atoms with Crippen LogP contribution >= 0.6 is 11.6 Å². The number of likely N-dealkylation sites (tertiary alicyclic amines) is 1. The minimum atomic E-state index is -4.03. The molecule has 168 valence electrons. The molecule has 1 fully saturated rings. The van der Waals surface area contributed by atoms with Crippen LogP contribution in [0.25, 0.3) is 10.9 Å². The molecule has 1 saturated heterocycles. The first kappa shape index (κ1) is 22.1. The molecule has 2 aromatic carbocycles. The molecule has 0 bridgehead atoms. The van der Waals surface area contributed by atoms with E-state index in [1.165, 1.54) is 35.9 Å². The molecule has 4 rings (SSSR count). The number of benzene rings is 2. The van der Waals surface area contributed by atoms with E-state index in [1.807, 2.05) is 0 Å². The molecule has 2 heterocycles. The Labute approximate surface area is 188 Å². The van der Waals surface area contributed by atoms with Crippen LogP contribution in [0.4, 0.5) is 5.69 Å². The minimum Gasteiger partial charge on any atom is -0.341 e. The largest absolute Gasteiger partial charge is 0.341 e. The summed E-state index contributed by atoms with van der Waals surface area (Å²) in [6, 6.07) is 10.1. The van der Waals surface area contributed by atoms with E-state index in [0.29, 0.717) is 18.1 Å². The lowest BCUT2D eigenvalue weighted by atomic mass is 10.2. The third-order valence-electron chi connectivity index (χ3n) is 5.46. The zero-order chi connectivity index (χ0) is 23.0. The predicted molar refractivity (Wildman–Crippen MR) is 122 cm³/mol. The number of carbonyl (C=O) groups excluding carboxylic acids is 1. The fourth-order valence-electron chi connectivity index (χ4n) is 3.77. The van der Waals surface area contributed by atoms with Gasteiger partial charge in [0.2, 0.25) is 5.91 Å². The third-order valence-corrected chi connectivity index (χ3v) is 7.08. The summed E-state index contributed by atoms with van der Waals surface area (Å²) in [6.45, 7) is 0.803. The molecule has 32 heavy (non-hydrogen) atoms. The van der Waals surface area contributed by atoms with E-state index in [0.717, 1.165) is 17.4 Å². The molecule has 0 atom stereocenters. The highest BCUT2D eigenvalue weighted by molar-refractivity contribution is 7.92. The van der Waals surface area contributed by atoms with Gasteiger partial charge in [-0.3, -0.25) is 23.4 Å². The van der Waals surface area contributed by atoms with Gasteiger partial charge in [0.05, 0.1) is 21.5 Å². The zero-order valence-electron chi connectivity index (χ0n) is 17.2. The van der Waals surface area contributed by atoms with Gasteiger partial charge in [-0.15, -0.1) is 0 Å². The Morgan fingerprint density at radius 2 is 1.81 bits per heavy atom. The van der Waals surface area contributed by atoms with Gasteiger partial charge in [0.15, 0.2) is 0 Å². The van der Waals surface area contributed by atoms with E-state index in [2.05, 4.69) is 4.72 Å². The molecule has 1 aliphatic rings. The van der Waals surface area contributed by atoms with Gasteiger partial charge in [-0.25, -0.2) is 13.2 Å². The van der Waals surface area contributed by atoms with Gasteiger partial charge in [0, 0.05) is 25.2 Å². The second-order valence-corrected chi connectivity index (χ2v) is 9.73. The number of aromatic nitrogens is 2. The fourth-order valence-corrected chi connectivity index (χ4v) is 5.04. The summed E-state index contributed by atoms with van der Waals surface area (Å²) in [5.74, 6) is -0.313. The number of carbonyl (C=O) groups is 1. The van der Waals surface area contributed by atoms with Crippen LogP contribution in [0.1, 0.15) is 12.8 Å². The van der Waals surface area contributed by atoms with Crippen molar-refractivity contribution in [1.82, 2.24) is 14.0 Å². The number of hydrogen-bond acceptors (Lipinski definition) is 5. The molecule has 0 radical (unpaired) electrons. The van der Waals surface area contributed by atoms with Crippen LogP contribution in [0.2, 0.25) is 5.02 Å². The topological polar surface area (TPSA) is 110 Å². The van der Waals surface area contributed by atoms with Gasteiger partial charge >= 0.3 is 5.69 Å². The van der Waals surface area contributed by atoms with Gasteiger partial charge in [0.25, 0.3) is 15.6 Å². The number of halogens is 1. The van der Waals surface area contributed by atoms with Crippen molar-refractivity contribution >= 4 is 44.1 Å². The summed E-state index contributed by atoms with van der Waals surface area (Å²) >= 11 is 5.91. The highest BCUT2D eigenvalue weighted by Gasteiger charge is 2.22. The number of hydrogen-bond donors (Lipinski definition) is 1. The molecular weight excluding hydrogens is 456 g/mol. The number of aryl methyl sites for hydroxylation is 1. The van der Waals surface area contributed by atoms with Gasteiger partial charge in [-0.1, -0.05) is 17.7 Å². The van der Waals surface area contributed by atoms with Crippen molar-refractivity contribution < 1.29 is 13.2 Å². The lowest BCUT2D eigenvalue weighted by Crippen LogP contribution is -2.43. The van der Waals surface area contributed by atoms with E-state index in [4.69, 9.17) is 11.6 Å². The lowest BCUT2D eigenvalue weighted by molar-refractivity contribution is -0.130. The second-order valence-electron chi connectivity index (χ2n) is 7.62. The fraction of sp³-hybridized carbons (Fsp3) is 0.286. The number of amides is 1. The van der Waals surface area contributed by atoms with Gasteiger partial charge in [0.1, 0.15) is 6.54 Å². The number of sulfonamides is 1. The highest BCUT2D eigenvalue weighted by Crippen LogP contribution is 2.21. The molecule has 3 aromatic rings. The van der Waals surface area contributed by atoms with Gasteiger partial charge in [-0.05, 0) is 49.2 Å². The molecule has 1 amide bonds. The van der Waals surface area contributed by atoms with Crippen molar-refractivity contribution in [3.8, 4) is 0 Å². The lowest BCUT2D eigenvalue weighted by Gasteiger charge is -2.17. The standard InChI is InChI=1S/C21H21ClN4O5S/c1-24-18-8-7-16(32(30,31)23-15-6-4-5-14(22)11-15)12-17(18)20(28)26(21(24)29)13-19(27)25-9-2-3-10-25/h4-8,11-12,23H,2-3,9-10,13H2,1H3. The Balaban J connectivity index is 1.76. The summed E-state index contributed by atoms with van der Waals surface area (Å²) in [6.07, 6.45) is 1.77. The van der Waals surface area contributed by atoms with E-state index in [9.17, 15) is 22.8 Å². The molecule has 0 saturated carbocycles. The quantitative estimate of drug-likeness (QED) is 0.603. The maximum Gasteiger partial charge on any atom is 0.331 e. The average Bonchev–Trinajstić information content (AvgIpc) is 3.29. The van der Waals surface area contributed by atoms with E-state index in [1.54, 1.807) is 23.1 Å². The van der Waals surface area contributed by atoms with Crippen LogP contribution in [0.15, 0.2) is 56.9 Å². The molecular formula is C21H21ClN4O5S. The zero-order valence-corrected chi connectivity index (χ0v) is 18.8. The molecule has 1 aliphatic heterocycles. The van der Waals surface area contributed by atoms with E-state index < -0.39 is 21.3 Å². The van der Waals surface area contributed by atoms with Crippen molar-refractivity contribution in [2.45, 2.75) is 24.3 Å². The Morgan fingerprint density at radius 1 is 1.09 bits per heavy atom. The van der Waals surface area contributed by atoms with Crippen LogP contribution < -0.4 is 16.0 Å². The Kier molecular flexibility index (Phi) is 5.83. The Bertz CT molecular complexity index is 1440. The molecule has 0 unspecified atom stereocenters. The SMILES string of the molecule is Cn1c(=O)n(CC(=O)N2CCCC2)c(=O)c2cc(S(=O)(=O)Nc3cccc(Cl)c3)ccc21. The minimum absolute atomic E-state index is 0.0234. The second kappa shape index (κ2) is 8.44. The summed E-state index contributed by atoms with van der Waals surface area (Å²) < 4.78 is 30.2. The predicted octanol–water partition coefficient (Wildman–Crippen LogP) is 1.78. The molecule has 0 spiro atoms. The smallest absolute Gasteiger partial charge is 0.331 e. The first-order chi connectivity index (χ1) is 15.2. The summed E-state index contributed by atoms with van der Waals surface area (Å²) in [4.78, 5) is 39.8. The third kappa shape index (κ3) is 4.15. The number of nitrogens with one attached hydrogen (secondary N) is 1. The van der Waals surface area contributed by atoms with E-state index in [-0.39, 0.29) is 33.9 Å². The maximum atomic E-state index is 13.1. The summed E-state index contributed by atoms with van der Waals surface area (Å²) in [5.41, 5.74) is -0.809. The monoisotopic (exact) mass is 476 g/mol. The highest BCUT2D eigenvalue weighted by atomic mass is 35.5. The van der Waals surface area contributed by atoms with Crippen LogP contribution in [-0.2, 0) is 28.4 Å². The molecule has 0 aliphatic carbocycles. The summed E-state index contributed by atoms with van der Waals surface area (Å²) in [5, 5.41) is 0.388. The average molecular weight is 477 g/mol. The van der Waals surface area contributed by atoms with Crippen LogP contribution in [0.5, 0.6) is 0 Å². The Morgan fingerprint density at radius 3 is 2.50 bits per heavy atom. The molecule has 11 heteroatoms. The maximum absolute atomic E-state index is 13.1. The number of rotatable bonds is 5. The number of nitrogens with zero attached hydrogens (tertiary/aromatic N) is 3. The van der Waals surface area contributed by atoms with E-state index >= 15 is 0 Å². The van der Waals surface area contributed by atoms with Gasteiger partial charge < -0.3 is 4.90 Å². The van der Waals surface area contributed by atoms with Crippen molar-refractivity contribution in [1.29, 1.82) is 0 Å². The van der Waals surface area contributed by atoms with Crippen LogP contribution in [0, 0.1) is 0 Å². The normalized spacial score (nSPS) is 14.1. The number of anilines is 1. The molecule has 1 N–H and O–H groups in total. The van der Waals surface area contributed by atoms with Crippen molar-refractivity contribution in [3.05, 3.63) is 68.3 Å². The number of fused-ring (bicyclic) bond motifs is 1. The van der Waals surface area contributed by atoms with Crippen molar-refractivity contribution in [2.24, 2.45) is 7.05 Å². The first-order valence-corrected chi connectivity index (χ1v) is 11.8. The first-order valence-electron chi connectivity index (χ1n) is 9.97. The van der Waals surface area contributed by atoms with Crippen LogP contribution in [-0.4, -0.2) is 41.4 Å². The molecule has 1 aromatic heterocycles. The van der Waals surface area contributed by atoms with Crippen molar-refractivity contribution in [3.63, 3.8) is 0 Å². The van der Waals surface area contributed by atoms with Crippen LogP contribution in [0.3, 0.4) is 0 Å².